The van der Waals surface area contributed by atoms with Crippen LogP contribution in [-0.4, -0.2) is 26.7 Å². The van der Waals surface area contributed by atoms with Crippen LogP contribution in [0.1, 0.15) is 26.5 Å². The highest BCUT2D eigenvalue weighted by Gasteiger charge is 2.15. The molecule has 0 bridgehead atoms. The number of amides is 1. The van der Waals surface area contributed by atoms with E-state index in [-0.39, 0.29) is 5.91 Å². The molecule has 0 saturated carbocycles. The Morgan fingerprint density at radius 2 is 2.07 bits per heavy atom. The molecule has 4 aromatic rings. The molecule has 0 aliphatic heterocycles. The molecule has 0 unspecified atom stereocenters. The first-order valence-electron chi connectivity index (χ1n) is 9.72. The van der Waals surface area contributed by atoms with Gasteiger partial charge in [-0.1, -0.05) is 18.2 Å². The van der Waals surface area contributed by atoms with E-state index in [0.717, 1.165) is 21.8 Å². The van der Waals surface area contributed by atoms with Gasteiger partial charge in [-0.2, -0.15) is 0 Å². The van der Waals surface area contributed by atoms with Crippen molar-refractivity contribution in [1.29, 1.82) is 0 Å². The zero-order valence-corrected chi connectivity index (χ0v) is 17.6. The zero-order chi connectivity index (χ0) is 20.9. The third-order valence-corrected chi connectivity index (χ3v) is 5.64. The van der Waals surface area contributed by atoms with E-state index >= 15 is 0 Å². The molecule has 152 valence electrons. The maximum atomic E-state index is 12.9. The number of rotatable bonds is 8. The summed E-state index contributed by atoms with van der Waals surface area (Å²) in [4.78, 5) is 20.5. The number of nitrogens with zero attached hydrogens (tertiary/aromatic N) is 3. The van der Waals surface area contributed by atoms with Crippen LogP contribution in [0.4, 0.5) is 0 Å². The second-order valence-electron chi connectivity index (χ2n) is 7.02. The first-order valence-corrected chi connectivity index (χ1v) is 10.6. The third-order valence-electron chi connectivity index (χ3n) is 4.78. The molecule has 0 saturated heterocycles. The van der Waals surface area contributed by atoms with Gasteiger partial charge in [0.2, 0.25) is 0 Å². The molecule has 6 heteroatoms. The first-order chi connectivity index (χ1) is 14.6. The molecule has 4 rings (SSSR count). The Labute approximate surface area is 179 Å². The fourth-order valence-corrected chi connectivity index (χ4v) is 3.99. The Morgan fingerprint density at radius 1 is 1.23 bits per heavy atom. The number of hydrogen-bond acceptors (Lipinski definition) is 4. The number of pyridine rings is 1. The van der Waals surface area contributed by atoms with Crippen LogP contribution in [0.5, 0.6) is 5.75 Å². The van der Waals surface area contributed by atoms with E-state index in [1.807, 2.05) is 65.5 Å². The van der Waals surface area contributed by atoms with Crippen LogP contribution in [-0.2, 0) is 13.2 Å². The molecule has 0 spiro atoms. The lowest BCUT2D eigenvalue weighted by atomic mass is 10.2. The van der Waals surface area contributed by atoms with Gasteiger partial charge in [-0.25, -0.2) is 4.98 Å². The minimum atomic E-state index is -0.0225. The fourth-order valence-electron chi connectivity index (χ4n) is 3.27. The molecule has 0 fully saturated rings. The van der Waals surface area contributed by atoms with Crippen molar-refractivity contribution < 1.29 is 9.53 Å². The van der Waals surface area contributed by atoms with Crippen LogP contribution in [0.2, 0.25) is 0 Å². The number of fused-ring (bicyclic) bond motifs is 1. The maximum Gasteiger partial charge on any atom is 0.254 e. The quantitative estimate of drug-likeness (QED) is 0.374. The first kappa shape index (κ1) is 19.9. The van der Waals surface area contributed by atoms with E-state index in [2.05, 4.69) is 11.6 Å². The minimum absolute atomic E-state index is 0.0225. The van der Waals surface area contributed by atoms with Gasteiger partial charge in [0.15, 0.2) is 0 Å². The average Bonchev–Trinajstić information content (AvgIpc) is 3.42. The number of carbonyl (C=O) groups excluding carboxylic acids is 1. The van der Waals surface area contributed by atoms with Gasteiger partial charge in [0.25, 0.3) is 5.91 Å². The van der Waals surface area contributed by atoms with E-state index in [9.17, 15) is 4.79 Å². The van der Waals surface area contributed by atoms with Crippen molar-refractivity contribution in [3.8, 4) is 5.75 Å². The number of hydrogen-bond donors (Lipinski definition) is 0. The largest absolute Gasteiger partial charge is 0.487 e. The van der Waals surface area contributed by atoms with Crippen LogP contribution in [0.15, 0.2) is 79.0 Å². The molecule has 0 aliphatic carbocycles. The number of imidazole rings is 1. The summed E-state index contributed by atoms with van der Waals surface area (Å²) < 4.78 is 7.87. The highest BCUT2D eigenvalue weighted by molar-refractivity contribution is 7.09. The van der Waals surface area contributed by atoms with Gasteiger partial charge in [0.1, 0.15) is 18.0 Å². The molecule has 5 nitrogen and oxygen atoms in total. The topological polar surface area (TPSA) is 46.8 Å². The number of thiophene rings is 1. The van der Waals surface area contributed by atoms with Crippen molar-refractivity contribution in [3.05, 3.63) is 101 Å². The van der Waals surface area contributed by atoms with Crippen molar-refractivity contribution in [3.63, 3.8) is 0 Å². The summed E-state index contributed by atoms with van der Waals surface area (Å²) in [7, 11) is 0. The van der Waals surface area contributed by atoms with E-state index in [4.69, 9.17) is 4.74 Å². The monoisotopic (exact) mass is 417 g/mol. The Balaban J connectivity index is 1.41. The van der Waals surface area contributed by atoms with Crippen LogP contribution in [0.25, 0.3) is 5.65 Å². The third kappa shape index (κ3) is 4.44. The number of aryl methyl sites for hydroxylation is 1. The molecular weight excluding hydrogens is 394 g/mol. The molecule has 0 radical (unpaired) electrons. The van der Waals surface area contributed by atoms with Crippen LogP contribution in [0, 0.1) is 6.92 Å². The molecule has 0 N–H and O–H groups in total. The van der Waals surface area contributed by atoms with Gasteiger partial charge in [-0.05, 0) is 54.3 Å². The number of ether oxygens (including phenoxy) is 1. The molecule has 30 heavy (non-hydrogen) atoms. The summed E-state index contributed by atoms with van der Waals surface area (Å²) in [5, 5.41) is 2.02. The molecule has 0 aliphatic rings. The second-order valence-corrected chi connectivity index (χ2v) is 8.05. The summed E-state index contributed by atoms with van der Waals surface area (Å²) in [6, 6.07) is 15.3. The van der Waals surface area contributed by atoms with Crippen LogP contribution < -0.4 is 4.74 Å². The smallest absolute Gasteiger partial charge is 0.254 e. The summed E-state index contributed by atoms with van der Waals surface area (Å²) in [5.41, 5.74) is 3.55. The fraction of sp³-hybridized carbons (Fsp3) is 0.167. The van der Waals surface area contributed by atoms with Gasteiger partial charge < -0.3 is 14.0 Å². The van der Waals surface area contributed by atoms with E-state index in [0.29, 0.717) is 31.0 Å². The second kappa shape index (κ2) is 8.97. The normalized spacial score (nSPS) is 10.8. The standard InChI is InChI=1S/C24H23N3O2S/c1-3-12-27(16-22-7-5-14-30-22)24(28)19-8-10-21(11-9-19)29-17-20-15-26-13-4-6-18(2)23(26)25-20/h3-11,13-15H,1,12,16-17H2,2H3. The Kier molecular flexibility index (Phi) is 5.95. The summed E-state index contributed by atoms with van der Waals surface area (Å²) >= 11 is 1.64. The lowest BCUT2D eigenvalue weighted by molar-refractivity contribution is 0.0764. The van der Waals surface area contributed by atoms with Gasteiger partial charge in [-0.3, -0.25) is 4.79 Å². The molecular formula is C24H23N3O2S. The Bertz CT molecular complexity index is 1150. The summed E-state index contributed by atoms with van der Waals surface area (Å²) in [6.45, 7) is 7.26. The van der Waals surface area contributed by atoms with Gasteiger partial charge in [0.05, 0.1) is 12.2 Å². The van der Waals surface area contributed by atoms with E-state index in [1.54, 1.807) is 34.4 Å². The highest BCUT2D eigenvalue weighted by Crippen LogP contribution is 2.18. The molecule has 3 heterocycles. The predicted octanol–water partition coefficient (Wildman–Crippen LogP) is 5.11. The average molecular weight is 418 g/mol. The van der Waals surface area contributed by atoms with E-state index < -0.39 is 0 Å². The molecule has 3 aromatic heterocycles. The minimum Gasteiger partial charge on any atom is -0.487 e. The number of carbonyl (C=O) groups is 1. The van der Waals surface area contributed by atoms with Crippen LogP contribution in [0.3, 0.4) is 0 Å². The van der Waals surface area contributed by atoms with Crippen molar-refractivity contribution in [2.24, 2.45) is 0 Å². The SMILES string of the molecule is C=CCN(Cc1cccs1)C(=O)c1ccc(OCc2cn3cccc(C)c3n2)cc1. The van der Waals surface area contributed by atoms with Crippen molar-refractivity contribution >= 4 is 22.9 Å². The lowest BCUT2D eigenvalue weighted by Crippen LogP contribution is -2.30. The van der Waals surface area contributed by atoms with Gasteiger partial charge in [-0.15, -0.1) is 17.9 Å². The van der Waals surface area contributed by atoms with Gasteiger partial charge >= 0.3 is 0 Å². The van der Waals surface area contributed by atoms with Crippen molar-refractivity contribution in [2.75, 3.05) is 6.54 Å². The predicted molar refractivity (Wildman–Crippen MR) is 120 cm³/mol. The number of benzene rings is 1. The molecule has 1 aromatic carbocycles. The van der Waals surface area contributed by atoms with Gasteiger partial charge in [0, 0.05) is 29.4 Å². The molecule has 0 atom stereocenters. The Morgan fingerprint density at radius 3 is 2.77 bits per heavy atom. The Hall–Kier alpha value is -3.38. The molecule has 1 amide bonds. The lowest BCUT2D eigenvalue weighted by Gasteiger charge is -2.20. The number of aromatic nitrogens is 2. The zero-order valence-electron chi connectivity index (χ0n) is 16.8. The van der Waals surface area contributed by atoms with Crippen molar-refractivity contribution in [2.45, 2.75) is 20.1 Å². The van der Waals surface area contributed by atoms with Crippen LogP contribution >= 0.6 is 11.3 Å². The maximum absolute atomic E-state index is 12.9. The summed E-state index contributed by atoms with van der Waals surface area (Å²) in [6.07, 6.45) is 5.70. The highest BCUT2D eigenvalue weighted by atomic mass is 32.1. The van der Waals surface area contributed by atoms with E-state index in [1.165, 1.54) is 0 Å². The summed E-state index contributed by atoms with van der Waals surface area (Å²) in [5.74, 6) is 0.680. The van der Waals surface area contributed by atoms with Crippen molar-refractivity contribution in [1.82, 2.24) is 14.3 Å².